The van der Waals surface area contributed by atoms with E-state index in [2.05, 4.69) is 132 Å². The number of hydrogen-bond donors (Lipinski definition) is 0. The topological polar surface area (TPSA) is 183 Å². The van der Waals surface area contributed by atoms with Crippen LogP contribution in [0, 0.1) is 0 Å². The average Bonchev–Trinajstić information content (AvgIpc) is 0.807. The lowest BCUT2D eigenvalue weighted by Crippen LogP contribution is -2.06. The van der Waals surface area contributed by atoms with Crippen molar-refractivity contribution in [2.75, 3.05) is 163 Å². The van der Waals surface area contributed by atoms with Crippen LogP contribution in [0.5, 0.6) is 46.0 Å². The molecular weight excluding hydrogens is 1320 g/mol. The summed E-state index contributed by atoms with van der Waals surface area (Å²) in [5, 5.41) is 17.1. The van der Waals surface area contributed by atoms with Crippen LogP contribution in [0.1, 0.15) is 0 Å². The minimum Gasteiger partial charge on any atom is -0.491 e. The highest BCUT2D eigenvalue weighted by Gasteiger charge is 2.22. The summed E-state index contributed by atoms with van der Waals surface area (Å²) < 4.78 is 98.8. The molecule has 0 fully saturated rings. The Kier molecular flexibility index (Phi) is 25.3. The molecule has 0 aliphatic carbocycles. The first kappa shape index (κ1) is 73.5. The van der Waals surface area contributed by atoms with Crippen molar-refractivity contribution in [2.24, 2.45) is 14.1 Å². The van der Waals surface area contributed by atoms with Crippen molar-refractivity contribution >= 4 is 43.1 Å². The van der Waals surface area contributed by atoms with E-state index in [9.17, 15) is 0 Å². The van der Waals surface area contributed by atoms with Gasteiger partial charge >= 0.3 is 0 Å². The molecule has 104 heavy (non-hydrogen) atoms. The predicted molar refractivity (Wildman–Crippen MR) is 407 cm³/mol. The maximum absolute atomic E-state index is 6.49. The summed E-state index contributed by atoms with van der Waals surface area (Å²) in [4.78, 5) is 0. The first-order valence-electron chi connectivity index (χ1n) is 34.6. The number of aromatic nitrogens is 4. The van der Waals surface area contributed by atoms with E-state index in [1.54, 1.807) is 56.9 Å². The predicted octanol–water partition coefficient (Wildman–Crippen LogP) is 15.6. The smallest absolute Gasteiger partial charge is 0.123 e. The third-order valence-corrected chi connectivity index (χ3v) is 17.7. The molecule has 0 radical (unpaired) electrons. The number of methoxy groups -OCH3 is 8. The first-order valence-corrected chi connectivity index (χ1v) is 34.6. The average molecular weight is 1410 g/mol. The maximum Gasteiger partial charge on any atom is 0.123 e. The number of aryl methyl sites for hydroxylation is 2. The summed E-state index contributed by atoms with van der Waals surface area (Å²) in [6, 6.07) is 51.4. The Labute approximate surface area is 606 Å². The number of fused-ring (bicyclic) bond motifs is 4. The van der Waals surface area contributed by atoms with Gasteiger partial charge in [-0.2, -0.15) is 10.2 Å². The van der Waals surface area contributed by atoms with E-state index < -0.39 is 0 Å². The van der Waals surface area contributed by atoms with Gasteiger partial charge in [0.05, 0.1) is 65.2 Å². The standard InChI is InChI=1S/C84H90N4O16/c1-87-53-67(51-85-87)57-29-61-31-59-27-55(41-77(63-33-69(97-19-11-89-3)45-70(34-63)98-20-12-90-4)81(59)49-83(61)79(43-57)65-37-73(101-23-15-93-7)47-74(38-65)102-24-16-94-8)56-28-60-32-62-30-58(68-52-86-88(2)54-68)44-80(66-39-75(103-25-17-95-9)48-76(40-66)104-26-18-96-10)84(62)50-82(60)78(42-56)64-35-71(99-21-13-91-5)46-72(36-64)100-22-14-92-6/h27-54H,11-26H2,1-10H3. The number of nitrogens with zero attached hydrogens (tertiary/aromatic N) is 4. The lowest BCUT2D eigenvalue weighted by atomic mass is 9.86. The van der Waals surface area contributed by atoms with Crippen LogP contribution >= 0.6 is 0 Å². The van der Waals surface area contributed by atoms with Crippen LogP contribution in [0.2, 0.25) is 0 Å². The zero-order valence-electron chi connectivity index (χ0n) is 60.8. The van der Waals surface area contributed by atoms with Crippen LogP contribution in [-0.4, -0.2) is 182 Å². The Morgan fingerprint density at radius 3 is 0.596 bits per heavy atom. The van der Waals surface area contributed by atoms with Gasteiger partial charge < -0.3 is 75.8 Å². The van der Waals surface area contributed by atoms with Crippen molar-refractivity contribution in [3.8, 4) is 124 Å². The van der Waals surface area contributed by atoms with E-state index in [4.69, 9.17) is 75.8 Å². The molecule has 2 aromatic heterocycles. The van der Waals surface area contributed by atoms with Gasteiger partial charge in [0.2, 0.25) is 0 Å². The van der Waals surface area contributed by atoms with Gasteiger partial charge in [-0.25, -0.2) is 0 Å². The lowest BCUT2D eigenvalue weighted by Gasteiger charge is -2.19. The summed E-state index contributed by atoms with van der Waals surface area (Å²) in [6.45, 7) is 5.77. The van der Waals surface area contributed by atoms with Crippen molar-refractivity contribution in [1.29, 1.82) is 0 Å². The third-order valence-electron chi connectivity index (χ3n) is 17.7. The minimum absolute atomic E-state index is 0.314. The molecule has 0 atom stereocenters. The summed E-state index contributed by atoms with van der Waals surface area (Å²) in [7, 11) is 17.1. The first-order chi connectivity index (χ1) is 50.9. The van der Waals surface area contributed by atoms with Gasteiger partial charge in [0.15, 0.2) is 0 Å². The number of benzene rings is 10. The van der Waals surface area contributed by atoms with Crippen LogP contribution in [0.4, 0.5) is 0 Å². The van der Waals surface area contributed by atoms with Gasteiger partial charge in [0.25, 0.3) is 0 Å². The molecule has 2 heterocycles. The Morgan fingerprint density at radius 1 is 0.212 bits per heavy atom. The second kappa shape index (κ2) is 35.8. The Balaban J connectivity index is 1.16. The van der Waals surface area contributed by atoms with E-state index in [-0.39, 0.29) is 0 Å². The number of hydrogen-bond acceptors (Lipinski definition) is 18. The molecule has 20 nitrogen and oxygen atoms in total. The van der Waals surface area contributed by atoms with Gasteiger partial charge in [0, 0.05) is 119 Å². The molecule has 0 unspecified atom stereocenters. The molecule has 12 rings (SSSR count). The van der Waals surface area contributed by atoms with Crippen molar-refractivity contribution in [3.63, 3.8) is 0 Å². The molecular formula is C84H90N4O16. The van der Waals surface area contributed by atoms with Crippen molar-refractivity contribution in [2.45, 2.75) is 0 Å². The second-order valence-corrected chi connectivity index (χ2v) is 25.0. The molecule has 20 heteroatoms. The fourth-order valence-electron chi connectivity index (χ4n) is 12.7. The largest absolute Gasteiger partial charge is 0.491 e. The highest BCUT2D eigenvalue weighted by atomic mass is 16.6. The number of rotatable bonds is 39. The fourth-order valence-corrected chi connectivity index (χ4v) is 12.7. The molecule has 12 aromatic rings. The summed E-state index contributed by atoms with van der Waals surface area (Å²) >= 11 is 0. The van der Waals surface area contributed by atoms with Crippen molar-refractivity contribution in [1.82, 2.24) is 19.6 Å². The Bertz CT molecular complexity index is 4480. The molecule has 10 aromatic carbocycles. The normalized spacial score (nSPS) is 11.5. The van der Waals surface area contributed by atoms with Gasteiger partial charge in [-0.05, 0) is 231 Å². The quantitative estimate of drug-likeness (QED) is 0.0262. The third kappa shape index (κ3) is 18.2. The Hall–Kier alpha value is -10.3. The van der Waals surface area contributed by atoms with Crippen molar-refractivity contribution in [3.05, 3.63) is 170 Å². The van der Waals surface area contributed by atoms with Crippen LogP contribution in [0.3, 0.4) is 0 Å². The van der Waals surface area contributed by atoms with E-state index in [0.717, 1.165) is 121 Å². The SMILES string of the molecule is COCCOc1cc(OCCOC)cc(-c2cc(-c3cc(-c4cc(OCCOC)cc(OCCOC)c4)c4cc5c(-c6cc(OCCOC)cc(OCCOC)c6)cc(-c6cnn(C)c6)cc5cc4c3)cc3cc4cc(-c5cnn(C)c5)cc(-c5cc(OCCOC)cc(OCCOC)c5)c4cc23)c1. The highest BCUT2D eigenvalue weighted by Crippen LogP contribution is 2.47. The minimum atomic E-state index is 0.314. The molecule has 0 amide bonds. The zero-order valence-corrected chi connectivity index (χ0v) is 60.8. The van der Waals surface area contributed by atoms with Crippen LogP contribution < -0.4 is 37.9 Å². The van der Waals surface area contributed by atoms with E-state index in [0.29, 0.717) is 152 Å². The van der Waals surface area contributed by atoms with Crippen LogP contribution in [0.15, 0.2) is 170 Å². The van der Waals surface area contributed by atoms with Gasteiger partial charge in [-0.1, -0.05) is 0 Å². The van der Waals surface area contributed by atoms with Crippen LogP contribution in [0.25, 0.3) is 121 Å². The second-order valence-electron chi connectivity index (χ2n) is 25.0. The Morgan fingerprint density at radius 2 is 0.413 bits per heavy atom. The van der Waals surface area contributed by atoms with Gasteiger partial charge in [0.1, 0.15) is 98.9 Å². The zero-order chi connectivity index (χ0) is 72.3. The lowest BCUT2D eigenvalue weighted by molar-refractivity contribution is 0.142. The summed E-state index contributed by atoms with van der Waals surface area (Å²) in [5.41, 5.74) is 13.0. The molecule has 0 saturated heterocycles. The molecule has 0 aliphatic heterocycles. The fraction of sp³-hybridized carbons (Fsp3) is 0.310. The molecule has 0 bridgehead atoms. The summed E-state index contributed by atoms with van der Waals surface area (Å²) in [6.07, 6.45) is 7.86. The monoisotopic (exact) mass is 1410 g/mol. The summed E-state index contributed by atoms with van der Waals surface area (Å²) in [5.74, 6) is 4.98. The van der Waals surface area contributed by atoms with Crippen LogP contribution in [-0.2, 0) is 52.0 Å². The highest BCUT2D eigenvalue weighted by molar-refractivity contribution is 6.14. The molecule has 542 valence electrons. The maximum atomic E-state index is 6.49. The number of ether oxygens (including phenoxy) is 16. The molecule has 0 aliphatic rings. The van der Waals surface area contributed by atoms with E-state index in [1.807, 2.05) is 72.5 Å². The van der Waals surface area contributed by atoms with Gasteiger partial charge in [-0.3, -0.25) is 9.36 Å². The van der Waals surface area contributed by atoms with E-state index in [1.165, 1.54) is 0 Å². The molecule has 0 saturated carbocycles. The van der Waals surface area contributed by atoms with Gasteiger partial charge in [-0.15, -0.1) is 0 Å². The molecule has 0 N–H and O–H groups in total. The molecule has 0 spiro atoms. The van der Waals surface area contributed by atoms with Crippen molar-refractivity contribution < 1.29 is 75.8 Å². The van der Waals surface area contributed by atoms with E-state index >= 15 is 0 Å².